The summed E-state index contributed by atoms with van der Waals surface area (Å²) in [6.07, 6.45) is 1.23. The van der Waals surface area contributed by atoms with E-state index < -0.39 is 0 Å². The maximum atomic E-state index is 4.42. The Balaban J connectivity index is 0.00000242. The first-order chi connectivity index (χ1) is 10.0. The first-order valence-corrected chi connectivity index (χ1v) is 7.74. The maximum absolute atomic E-state index is 4.42. The molecular formula is C17H29IN4. The highest BCUT2D eigenvalue weighted by Crippen LogP contribution is 2.28. The van der Waals surface area contributed by atoms with Crippen molar-refractivity contribution in [3.05, 3.63) is 30.3 Å². The van der Waals surface area contributed by atoms with Crippen LogP contribution < -0.4 is 10.2 Å². The zero-order valence-corrected chi connectivity index (χ0v) is 16.5. The molecule has 1 fully saturated rings. The Morgan fingerprint density at radius 2 is 2.00 bits per heavy atom. The fourth-order valence-corrected chi connectivity index (χ4v) is 2.77. The highest BCUT2D eigenvalue weighted by Gasteiger charge is 2.30. The Kier molecular flexibility index (Phi) is 7.45. The third-order valence-corrected chi connectivity index (χ3v) is 4.12. The predicted octanol–water partition coefficient (Wildman–Crippen LogP) is 3.05. The fraction of sp³-hybridized carbons (Fsp3) is 0.588. The van der Waals surface area contributed by atoms with Gasteiger partial charge < -0.3 is 15.1 Å². The first-order valence-electron chi connectivity index (χ1n) is 7.74. The number of anilines is 1. The SMILES string of the molecule is CN=C(NCCN(C)c1ccccc1)N1CCC(C)(C)C1.I. The molecule has 124 valence electrons. The molecule has 4 nitrogen and oxygen atoms in total. The van der Waals surface area contributed by atoms with Crippen LogP contribution in [0, 0.1) is 5.41 Å². The van der Waals surface area contributed by atoms with Crippen molar-refractivity contribution >= 4 is 35.6 Å². The molecule has 0 amide bonds. The molecule has 0 radical (unpaired) electrons. The van der Waals surface area contributed by atoms with Gasteiger partial charge in [0.25, 0.3) is 0 Å². The molecule has 2 rings (SSSR count). The molecule has 0 unspecified atom stereocenters. The van der Waals surface area contributed by atoms with Crippen LogP contribution in [-0.4, -0.2) is 51.1 Å². The third-order valence-electron chi connectivity index (χ3n) is 4.12. The number of rotatable bonds is 4. The van der Waals surface area contributed by atoms with Crippen LogP contribution in [0.1, 0.15) is 20.3 Å². The average Bonchev–Trinajstić information content (AvgIpc) is 2.84. The van der Waals surface area contributed by atoms with E-state index in [-0.39, 0.29) is 24.0 Å². The van der Waals surface area contributed by atoms with E-state index in [9.17, 15) is 0 Å². The Morgan fingerprint density at radius 3 is 2.55 bits per heavy atom. The number of nitrogens with zero attached hydrogens (tertiary/aromatic N) is 3. The lowest BCUT2D eigenvalue weighted by atomic mass is 9.93. The van der Waals surface area contributed by atoms with Crippen molar-refractivity contribution in [3.8, 4) is 0 Å². The predicted molar refractivity (Wildman–Crippen MR) is 106 cm³/mol. The summed E-state index contributed by atoms with van der Waals surface area (Å²) >= 11 is 0. The molecule has 5 heteroatoms. The molecule has 1 saturated heterocycles. The number of halogens is 1. The number of likely N-dealkylation sites (tertiary alicyclic amines) is 1. The second-order valence-corrected chi connectivity index (χ2v) is 6.57. The molecule has 1 aromatic rings. The van der Waals surface area contributed by atoms with Crippen LogP contribution in [0.5, 0.6) is 0 Å². The summed E-state index contributed by atoms with van der Waals surface area (Å²) in [6, 6.07) is 10.5. The quantitative estimate of drug-likeness (QED) is 0.465. The van der Waals surface area contributed by atoms with Gasteiger partial charge in [-0.1, -0.05) is 32.0 Å². The van der Waals surface area contributed by atoms with Crippen LogP contribution >= 0.6 is 24.0 Å². The normalized spacial score (nSPS) is 17.1. The molecule has 1 aliphatic rings. The van der Waals surface area contributed by atoms with E-state index in [1.165, 1.54) is 12.1 Å². The van der Waals surface area contributed by atoms with E-state index >= 15 is 0 Å². The summed E-state index contributed by atoms with van der Waals surface area (Å²) in [5, 5.41) is 3.48. The van der Waals surface area contributed by atoms with Crippen molar-refractivity contribution in [2.75, 3.05) is 45.2 Å². The van der Waals surface area contributed by atoms with Gasteiger partial charge in [-0.2, -0.15) is 0 Å². The zero-order chi connectivity index (χ0) is 15.3. The van der Waals surface area contributed by atoms with Crippen LogP contribution in [0.2, 0.25) is 0 Å². The molecule has 1 N–H and O–H groups in total. The van der Waals surface area contributed by atoms with Crippen molar-refractivity contribution in [3.63, 3.8) is 0 Å². The van der Waals surface area contributed by atoms with Crippen LogP contribution in [0.25, 0.3) is 0 Å². The number of benzene rings is 1. The van der Waals surface area contributed by atoms with Gasteiger partial charge in [0.15, 0.2) is 5.96 Å². The monoisotopic (exact) mass is 416 g/mol. The van der Waals surface area contributed by atoms with Gasteiger partial charge in [-0.3, -0.25) is 4.99 Å². The highest BCUT2D eigenvalue weighted by molar-refractivity contribution is 14.0. The molecule has 0 spiro atoms. The lowest BCUT2D eigenvalue weighted by molar-refractivity contribution is 0.370. The molecule has 22 heavy (non-hydrogen) atoms. The fourth-order valence-electron chi connectivity index (χ4n) is 2.77. The zero-order valence-electron chi connectivity index (χ0n) is 14.2. The molecule has 0 saturated carbocycles. The van der Waals surface area contributed by atoms with E-state index in [1.54, 1.807) is 0 Å². The van der Waals surface area contributed by atoms with Crippen LogP contribution in [0.4, 0.5) is 5.69 Å². The minimum Gasteiger partial charge on any atom is -0.373 e. The van der Waals surface area contributed by atoms with Crippen molar-refractivity contribution < 1.29 is 0 Å². The van der Waals surface area contributed by atoms with Gasteiger partial charge in [0.05, 0.1) is 0 Å². The topological polar surface area (TPSA) is 30.9 Å². The molecule has 1 heterocycles. The van der Waals surface area contributed by atoms with Gasteiger partial charge in [0, 0.05) is 46.0 Å². The molecular weight excluding hydrogens is 387 g/mol. The van der Waals surface area contributed by atoms with Gasteiger partial charge in [0.1, 0.15) is 0 Å². The molecule has 0 atom stereocenters. The minimum atomic E-state index is 0. The maximum Gasteiger partial charge on any atom is 0.193 e. The number of aliphatic imine (C=N–C) groups is 1. The van der Waals surface area contributed by atoms with E-state index in [1.807, 2.05) is 13.1 Å². The van der Waals surface area contributed by atoms with E-state index in [2.05, 4.69) is 65.3 Å². The van der Waals surface area contributed by atoms with E-state index in [0.29, 0.717) is 5.41 Å². The number of hydrogen-bond donors (Lipinski definition) is 1. The van der Waals surface area contributed by atoms with Crippen LogP contribution in [-0.2, 0) is 0 Å². The summed E-state index contributed by atoms with van der Waals surface area (Å²) in [7, 11) is 3.99. The van der Waals surface area contributed by atoms with Crippen LogP contribution in [0.3, 0.4) is 0 Å². The van der Waals surface area contributed by atoms with Crippen LogP contribution in [0.15, 0.2) is 35.3 Å². The lowest BCUT2D eigenvalue weighted by Crippen LogP contribution is -2.43. The molecule has 1 aromatic carbocycles. The smallest absolute Gasteiger partial charge is 0.193 e. The molecule has 0 bridgehead atoms. The second kappa shape index (κ2) is 8.60. The molecule has 0 aromatic heterocycles. The first kappa shape index (κ1) is 19.1. The summed E-state index contributed by atoms with van der Waals surface area (Å²) in [5.74, 6) is 1.03. The lowest BCUT2D eigenvalue weighted by Gasteiger charge is -2.25. The number of guanidine groups is 1. The average molecular weight is 416 g/mol. The minimum absolute atomic E-state index is 0. The number of para-hydroxylation sites is 1. The van der Waals surface area contributed by atoms with Crippen molar-refractivity contribution in [1.29, 1.82) is 0 Å². The largest absolute Gasteiger partial charge is 0.373 e. The standard InChI is InChI=1S/C17H28N4.HI/c1-17(2)10-12-21(14-17)16(18-3)19-11-13-20(4)15-8-6-5-7-9-15;/h5-9H,10-14H2,1-4H3,(H,18,19);1H. The van der Waals surface area contributed by atoms with Crippen molar-refractivity contribution in [1.82, 2.24) is 10.2 Å². The molecule has 1 aliphatic heterocycles. The summed E-state index contributed by atoms with van der Waals surface area (Å²) in [5.41, 5.74) is 1.65. The Bertz CT molecular complexity index is 473. The number of hydrogen-bond acceptors (Lipinski definition) is 2. The Labute approximate surface area is 152 Å². The summed E-state index contributed by atoms with van der Waals surface area (Å²) < 4.78 is 0. The van der Waals surface area contributed by atoms with Gasteiger partial charge in [-0.15, -0.1) is 24.0 Å². The number of nitrogens with one attached hydrogen (secondary N) is 1. The molecule has 0 aliphatic carbocycles. The Morgan fingerprint density at radius 1 is 1.32 bits per heavy atom. The second-order valence-electron chi connectivity index (χ2n) is 6.57. The van der Waals surface area contributed by atoms with E-state index in [0.717, 1.165) is 32.1 Å². The van der Waals surface area contributed by atoms with Crippen molar-refractivity contribution in [2.24, 2.45) is 10.4 Å². The van der Waals surface area contributed by atoms with Crippen molar-refractivity contribution in [2.45, 2.75) is 20.3 Å². The highest BCUT2D eigenvalue weighted by atomic mass is 127. The van der Waals surface area contributed by atoms with Gasteiger partial charge in [-0.25, -0.2) is 0 Å². The van der Waals surface area contributed by atoms with Gasteiger partial charge in [0.2, 0.25) is 0 Å². The summed E-state index contributed by atoms with van der Waals surface area (Å²) in [4.78, 5) is 9.04. The number of likely N-dealkylation sites (N-methyl/N-ethyl adjacent to an activating group) is 1. The van der Waals surface area contributed by atoms with Gasteiger partial charge in [-0.05, 0) is 24.0 Å². The van der Waals surface area contributed by atoms with E-state index in [4.69, 9.17) is 0 Å². The Hall–Kier alpha value is -0.980. The summed E-state index contributed by atoms with van der Waals surface area (Å²) in [6.45, 7) is 8.69. The third kappa shape index (κ3) is 5.34. The van der Waals surface area contributed by atoms with Gasteiger partial charge >= 0.3 is 0 Å².